The number of guanidine groups is 2. The maximum absolute atomic E-state index is 10.8. The van der Waals surface area contributed by atoms with Gasteiger partial charge in [0.2, 0.25) is 5.96 Å². The van der Waals surface area contributed by atoms with Gasteiger partial charge in [-0.25, -0.2) is 4.99 Å². The molecule has 0 aliphatic heterocycles. The smallest absolute Gasteiger partial charge is 0.285 e. The molecule has 0 fully saturated rings. The number of hydrogen-bond donors (Lipinski definition) is 3. The Balaban J connectivity index is 3.30. The zero-order chi connectivity index (χ0) is 13.9. The van der Waals surface area contributed by atoms with Gasteiger partial charge in [-0.2, -0.15) is 4.99 Å². The number of hydrogen-bond acceptors (Lipinski definition) is 3. The molecular formula is C9H11BrN6O2. The maximum atomic E-state index is 10.8. The normalized spacial score (nSPS) is 11.1. The number of nitrogens with zero attached hydrogens (tertiary/aromatic N) is 3. The first-order chi connectivity index (χ1) is 8.31. The van der Waals surface area contributed by atoms with Crippen molar-refractivity contribution in [3.8, 4) is 0 Å². The molecule has 0 saturated carbocycles. The molecule has 0 aromatic heterocycles. The van der Waals surface area contributed by atoms with Crippen LogP contribution in [0.25, 0.3) is 0 Å². The van der Waals surface area contributed by atoms with E-state index in [1.165, 1.54) is 6.07 Å². The number of halogens is 1. The first-order valence-electron chi connectivity index (χ1n) is 4.69. The predicted octanol–water partition coefficient (Wildman–Crippen LogP) is 0.885. The number of rotatable bonds is 2. The molecule has 0 bridgehead atoms. The SMILES string of the molecule is Cc1cc(Br)c([N+](=O)[O-])cc1N=C(N)N=C(N)N. The summed E-state index contributed by atoms with van der Waals surface area (Å²) in [6, 6.07) is 2.86. The number of nitrogens with two attached hydrogens (primary N) is 3. The van der Waals surface area contributed by atoms with Crippen molar-refractivity contribution in [3.63, 3.8) is 0 Å². The Morgan fingerprint density at radius 2 is 2.00 bits per heavy atom. The fourth-order valence-corrected chi connectivity index (χ4v) is 1.79. The number of aryl methyl sites for hydroxylation is 1. The van der Waals surface area contributed by atoms with Gasteiger partial charge in [0.25, 0.3) is 5.69 Å². The number of aliphatic imine (C=N–C) groups is 2. The number of benzene rings is 1. The molecule has 0 saturated heterocycles. The van der Waals surface area contributed by atoms with Gasteiger partial charge in [0, 0.05) is 6.07 Å². The molecule has 96 valence electrons. The number of nitro benzene ring substituents is 1. The fourth-order valence-electron chi connectivity index (χ4n) is 1.19. The minimum atomic E-state index is -0.528. The fraction of sp³-hybridized carbons (Fsp3) is 0.111. The summed E-state index contributed by atoms with van der Waals surface area (Å²) in [5.74, 6) is -0.407. The van der Waals surface area contributed by atoms with E-state index in [0.29, 0.717) is 15.7 Å². The van der Waals surface area contributed by atoms with Crippen LogP contribution in [0.1, 0.15) is 5.56 Å². The molecule has 0 radical (unpaired) electrons. The molecule has 18 heavy (non-hydrogen) atoms. The lowest BCUT2D eigenvalue weighted by atomic mass is 10.2. The lowest BCUT2D eigenvalue weighted by Gasteiger charge is -2.03. The molecule has 1 aromatic rings. The highest BCUT2D eigenvalue weighted by atomic mass is 79.9. The summed E-state index contributed by atoms with van der Waals surface area (Å²) in [4.78, 5) is 17.7. The zero-order valence-corrected chi connectivity index (χ0v) is 11.0. The quantitative estimate of drug-likeness (QED) is 0.321. The minimum Gasteiger partial charge on any atom is -0.370 e. The Morgan fingerprint density at radius 3 is 2.50 bits per heavy atom. The standard InChI is InChI=1S/C9H11BrN6O2/c1-4-2-5(10)7(16(17)18)3-6(4)14-9(13)15-8(11)12/h2-3H,1H3,(H6,11,12,13,14,15). The highest BCUT2D eigenvalue weighted by molar-refractivity contribution is 9.10. The summed E-state index contributed by atoms with van der Waals surface area (Å²) in [6.45, 7) is 1.73. The van der Waals surface area contributed by atoms with Gasteiger partial charge in [-0.3, -0.25) is 10.1 Å². The van der Waals surface area contributed by atoms with Crippen LogP contribution < -0.4 is 17.2 Å². The second kappa shape index (κ2) is 5.45. The van der Waals surface area contributed by atoms with E-state index >= 15 is 0 Å². The van der Waals surface area contributed by atoms with Crippen LogP contribution in [0.15, 0.2) is 26.6 Å². The average Bonchev–Trinajstić information content (AvgIpc) is 2.20. The summed E-state index contributed by atoms with van der Waals surface area (Å²) in [5.41, 5.74) is 16.6. The average molecular weight is 315 g/mol. The maximum Gasteiger partial charge on any atom is 0.285 e. The van der Waals surface area contributed by atoms with Crippen molar-refractivity contribution in [2.45, 2.75) is 6.92 Å². The predicted molar refractivity (Wildman–Crippen MR) is 72.6 cm³/mol. The molecule has 8 nitrogen and oxygen atoms in total. The van der Waals surface area contributed by atoms with Crippen molar-refractivity contribution in [2.24, 2.45) is 27.2 Å². The van der Waals surface area contributed by atoms with Crippen LogP contribution in [0.5, 0.6) is 0 Å². The van der Waals surface area contributed by atoms with E-state index < -0.39 is 4.92 Å². The van der Waals surface area contributed by atoms with Crippen molar-refractivity contribution in [1.82, 2.24) is 0 Å². The molecule has 9 heteroatoms. The van der Waals surface area contributed by atoms with E-state index in [2.05, 4.69) is 25.9 Å². The number of nitro groups is 1. The van der Waals surface area contributed by atoms with Crippen molar-refractivity contribution in [2.75, 3.05) is 0 Å². The van der Waals surface area contributed by atoms with Gasteiger partial charge in [0.1, 0.15) is 0 Å². The van der Waals surface area contributed by atoms with Crippen molar-refractivity contribution in [1.29, 1.82) is 0 Å². The minimum absolute atomic E-state index is 0.114. The van der Waals surface area contributed by atoms with Crippen LogP contribution in [-0.2, 0) is 0 Å². The van der Waals surface area contributed by atoms with Crippen LogP contribution >= 0.6 is 15.9 Å². The molecular weight excluding hydrogens is 304 g/mol. The van der Waals surface area contributed by atoms with Gasteiger partial charge in [-0.1, -0.05) is 0 Å². The Labute approximate surface area is 111 Å². The monoisotopic (exact) mass is 314 g/mol. The highest BCUT2D eigenvalue weighted by Crippen LogP contribution is 2.32. The first kappa shape index (κ1) is 13.9. The molecule has 6 N–H and O–H groups in total. The summed E-state index contributed by atoms with van der Waals surface area (Å²) in [6.07, 6.45) is 0. The van der Waals surface area contributed by atoms with Crippen LogP contribution in [0.3, 0.4) is 0 Å². The van der Waals surface area contributed by atoms with E-state index in [-0.39, 0.29) is 17.6 Å². The van der Waals surface area contributed by atoms with Crippen molar-refractivity contribution >= 4 is 39.2 Å². The molecule has 0 aliphatic carbocycles. The van der Waals surface area contributed by atoms with Gasteiger partial charge in [-0.15, -0.1) is 0 Å². The largest absolute Gasteiger partial charge is 0.370 e. The Bertz CT molecular complexity index is 550. The lowest BCUT2D eigenvalue weighted by molar-refractivity contribution is -0.385. The van der Waals surface area contributed by atoms with Crippen molar-refractivity contribution < 1.29 is 4.92 Å². The lowest BCUT2D eigenvalue weighted by Crippen LogP contribution is -2.26. The zero-order valence-electron chi connectivity index (χ0n) is 9.42. The topological polar surface area (TPSA) is 146 Å². The Kier molecular flexibility index (Phi) is 4.21. The second-order valence-corrected chi connectivity index (χ2v) is 4.21. The van der Waals surface area contributed by atoms with Crippen LogP contribution in [0, 0.1) is 17.0 Å². The molecule has 0 amide bonds. The van der Waals surface area contributed by atoms with Crippen molar-refractivity contribution in [3.05, 3.63) is 32.3 Å². The van der Waals surface area contributed by atoms with Crippen LogP contribution in [0.2, 0.25) is 0 Å². The summed E-state index contributed by atoms with van der Waals surface area (Å²) in [7, 11) is 0. The molecule has 0 heterocycles. The van der Waals surface area contributed by atoms with Crippen LogP contribution in [-0.4, -0.2) is 16.8 Å². The third kappa shape index (κ3) is 3.42. The van der Waals surface area contributed by atoms with Gasteiger partial charge in [0.05, 0.1) is 15.1 Å². The summed E-state index contributed by atoms with van der Waals surface area (Å²) in [5, 5.41) is 10.8. The summed E-state index contributed by atoms with van der Waals surface area (Å²) >= 11 is 3.10. The molecule has 0 atom stereocenters. The van der Waals surface area contributed by atoms with Gasteiger partial charge < -0.3 is 17.2 Å². The van der Waals surface area contributed by atoms with E-state index in [1.807, 2.05) is 0 Å². The van der Waals surface area contributed by atoms with E-state index in [4.69, 9.17) is 17.2 Å². The summed E-state index contributed by atoms with van der Waals surface area (Å²) < 4.78 is 0.365. The first-order valence-corrected chi connectivity index (χ1v) is 5.49. The van der Waals surface area contributed by atoms with Crippen LogP contribution in [0.4, 0.5) is 11.4 Å². The molecule has 0 aliphatic rings. The molecule has 0 spiro atoms. The van der Waals surface area contributed by atoms with Gasteiger partial charge in [0.15, 0.2) is 5.96 Å². The Morgan fingerprint density at radius 1 is 1.39 bits per heavy atom. The molecule has 0 unspecified atom stereocenters. The Hall–Kier alpha value is -2.16. The van der Waals surface area contributed by atoms with Gasteiger partial charge >= 0.3 is 0 Å². The van der Waals surface area contributed by atoms with E-state index in [1.54, 1.807) is 13.0 Å². The molecule has 1 aromatic carbocycles. The highest BCUT2D eigenvalue weighted by Gasteiger charge is 2.14. The third-order valence-electron chi connectivity index (χ3n) is 1.94. The van der Waals surface area contributed by atoms with Gasteiger partial charge in [-0.05, 0) is 34.5 Å². The van der Waals surface area contributed by atoms with E-state index in [0.717, 1.165) is 0 Å². The third-order valence-corrected chi connectivity index (χ3v) is 2.58. The van der Waals surface area contributed by atoms with E-state index in [9.17, 15) is 10.1 Å². The second-order valence-electron chi connectivity index (χ2n) is 3.35. The molecule has 1 rings (SSSR count).